The zero-order valence-corrected chi connectivity index (χ0v) is 24.1. The minimum atomic E-state index is -3.52. The molecule has 40 heavy (non-hydrogen) atoms. The van der Waals surface area contributed by atoms with E-state index >= 15 is 0 Å². The lowest BCUT2D eigenvalue weighted by atomic mass is 10.0. The van der Waals surface area contributed by atoms with E-state index in [9.17, 15) is 9.36 Å². The highest BCUT2D eigenvalue weighted by Crippen LogP contribution is 2.61. The quantitative estimate of drug-likeness (QED) is 0.179. The summed E-state index contributed by atoms with van der Waals surface area (Å²) in [6.45, 7) is 6.44. The Morgan fingerprint density at radius 1 is 0.875 bits per heavy atom. The molecule has 2 aliphatic rings. The number of aryl methyl sites for hydroxylation is 2. The van der Waals surface area contributed by atoms with Gasteiger partial charge in [0, 0.05) is 37.0 Å². The Bertz CT molecular complexity index is 1480. The summed E-state index contributed by atoms with van der Waals surface area (Å²) in [6.07, 6.45) is 1.06. The fourth-order valence-electron chi connectivity index (χ4n) is 5.14. The first-order valence-electron chi connectivity index (χ1n) is 13.5. The van der Waals surface area contributed by atoms with Crippen LogP contribution < -0.4 is 5.09 Å². The Morgan fingerprint density at radius 2 is 1.52 bits per heavy atom. The second-order valence-electron chi connectivity index (χ2n) is 9.97. The van der Waals surface area contributed by atoms with E-state index in [0.717, 1.165) is 33.6 Å². The largest absolute Gasteiger partial charge is 0.422 e. The number of hydrogen-bond acceptors (Lipinski definition) is 6. The molecule has 5 rings (SSSR count). The molecule has 0 spiro atoms. The number of morpholine rings is 1. The number of carbonyl (C=O) groups is 1. The summed E-state index contributed by atoms with van der Waals surface area (Å²) in [6, 6.07) is 24.5. The van der Waals surface area contributed by atoms with Crippen LogP contribution in [0.4, 0.5) is 5.69 Å². The van der Waals surface area contributed by atoms with Crippen molar-refractivity contribution in [2.75, 3.05) is 38.5 Å². The van der Waals surface area contributed by atoms with Gasteiger partial charge in [0.2, 0.25) is 0 Å². The molecular formula is C32H35N2O5P. The number of carbonyl (C=O) groups excluding carboxylic acids is 1. The standard InChI is InChI=1S/C32H35N2O5P/c1-23-14-15-27(22-24(23)2)33-40(36,37-3)29-17-16-28(30(29)34-18-20-38-21-19-34)31(25-10-6-4-7-11-25)39-32(35)26-12-8-5-9-13-26/h4-15,22H,16-21H2,1-3H3,(H,33,36)/b31-28-/t40-/m1/s1. The summed E-state index contributed by atoms with van der Waals surface area (Å²) >= 11 is 0. The molecule has 3 aromatic carbocycles. The fourth-order valence-corrected chi connectivity index (χ4v) is 7.02. The van der Waals surface area contributed by atoms with Crippen LogP contribution in [0.1, 0.15) is 39.9 Å². The lowest BCUT2D eigenvalue weighted by molar-refractivity contribution is 0.0544. The predicted molar refractivity (Wildman–Crippen MR) is 158 cm³/mol. The average Bonchev–Trinajstić information content (AvgIpc) is 3.45. The molecule has 0 radical (unpaired) electrons. The van der Waals surface area contributed by atoms with E-state index < -0.39 is 13.5 Å². The third kappa shape index (κ3) is 5.92. The summed E-state index contributed by atoms with van der Waals surface area (Å²) in [7, 11) is -2.04. The number of nitrogens with one attached hydrogen (secondary N) is 1. The van der Waals surface area contributed by atoms with Crippen molar-refractivity contribution >= 4 is 24.9 Å². The number of allylic oxidation sites excluding steroid dienone is 2. The van der Waals surface area contributed by atoms with Crippen molar-refractivity contribution in [3.8, 4) is 0 Å². The van der Waals surface area contributed by atoms with E-state index in [4.69, 9.17) is 14.0 Å². The zero-order chi connectivity index (χ0) is 28.1. The highest BCUT2D eigenvalue weighted by atomic mass is 31.2. The van der Waals surface area contributed by atoms with Crippen LogP contribution in [0, 0.1) is 13.8 Å². The molecule has 1 atom stereocenters. The highest BCUT2D eigenvalue weighted by molar-refractivity contribution is 7.65. The number of anilines is 1. The molecule has 7 nitrogen and oxygen atoms in total. The topological polar surface area (TPSA) is 77.1 Å². The molecule has 208 valence electrons. The summed E-state index contributed by atoms with van der Waals surface area (Å²) in [5.41, 5.74) is 5.88. The monoisotopic (exact) mass is 558 g/mol. The fraction of sp³-hybridized carbons (Fsp3) is 0.281. The average molecular weight is 559 g/mol. The summed E-state index contributed by atoms with van der Waals surface area (Å²) in [5.74, 6) is 0.0321. The van der Waals surface area contributed by atoms with Crippen molar-refractivity contribution in [3.05, 3.63) is 118 Å². The Labute approximate surface area is 236 Å². The van der Waals surface area contributed by atoms with E-state index in [2.05, 4.69) is 9.99 Å². The second kappa shape index (κ2) is 12.3. The smallest absolute Gasteiger partial charge is 0.343 e. The van der Waals surface area contributed by atoms with E-state index in [0.29, 0.717) is 55.8 Å². The van der Waals surface area contributed by atoms with E-state index in [1.165, 1.54) is 7.11 Å². The molecule has 0 bridgehead atoms. The maximum atomic E-state index is 14.6. The summed E-state index contributed by atoms with van der Waals surface area (Å²) in [5, 5.41) is 3.93. The molecule has 1 N–H and O–H groups in total. The van der Waals surface area contributed by atoms with Gasteiger partial charge in [-0.25, -0.2) is 4.79 Å². The van der Waals surface area contributed by atoms with Crippen LogP contribution in [-0.2, 0) is 18.6 Å². The number of ether oxygens (including phenoxy) is 2. The molecule has 1 heterocycles. The van der Waals surface area contributed by atoms with Gasteiger partial charge >= 0.3 is 13.5 Å². The van der Waals surface area contributed by atoms with Crippen molar-refractivity contribution in [3.63, 3.8) is 0 Å². The minimum absolute atomic E-state index is 0.440. The number of rotatable bonds is 8. The molecule has 1 aliphatic heterocycles. The van der Waals surface area contributed by atoms with Crippen LogP contribution in [-0.4, -0.2) is 44.3 Å². The summed E-state index contributed by atoms with van der Waals surface area (Å²) < 4.78 is 32.2. The minimum Gasteiger partial charge on any atom is -0.422 e. The van der Waals surface area contributed by atoms with Gasteiger partial charge in [0.1, 0.15) is 5.76 Å². The number of esters is 1. The molecule has 8 heteroatoms. The van der Waals surface area contributed by atoms with Gasteiger partial charge < -0.3 is 24.0 Å². The first kappa shape index (κ1) is 27.9. The van der Waals surface area contributed by atoms with Crippen molar-refractivity contribution in [1.82, 2.24) is 4.90 Å². The molecule has 1 fully saturated rings. The van der Waals surface area contributed by atoms with E-state index in [-0.39, 0.29) is 0 Å². The molecule has 1 saturated heterocycles. The van der Waals surface area contributed by atoms with Gasteiger partial charge in [-0.2, -0.15) is 0 Å². The molecule has 0 unspecified atom stereocenters. The van der Waals surface area contributed by atoms with Gasteiger partial charge in [0.05, 0.1) is 29.8 Å². The Hall–Kier alpha value is -3.64. The van der Waals surface area contributed by atoms with Crippen LogP contribution >= 0.6 is 7.52 Å². The number of nitrogens with zero attached hydrogens (tertiary/aromatic N) is 1. The second-order valence-corrected chi connectivity index (χ2v) is 12.2. The lowest BCUT2D eigenvalue weighted by Crippen LogP contribution is -2.36. The van der Waals surface area contributed by atoms with Crippen molar-refractivity contribution < 1.29 is 23.4 Å². The number of benzene rings is 3. The van der Waals surface area contributed by atoms with Gasteiger partial charge in [-0.05, 0) is 62.1 Å². The van der Waals surface area contributed by atoms with Gasteiger partial charge in [-0.3, -0.25) is 4.57 Å². The Balaban J connectivity index is 1.65. The molecule has 3 aromatic rings. The van der Waals surface area contributed by atoms with Gasteiger partial charge in [0.25, 0.3) is 0 Å². The van der Waals surface area contributed by atoms with Gasteiger partial charge in [-0.1, -0.05) is 54.6 Å². The highest BCUT2D eigenvalue weighted by Gasteiger charge is 2.40. The Kier molecular flexibility index (Phi) is 8.55. The van der Waals surface area contributed by atoms with E-state index in [1.54, 1.807) is 12.1 Å². The Morgan fingerprint density at radius 3 is 2.15 bits per heavy atom. The predicted octanol–water partition coefficient (Wildman–Crippen LogP) is 7.16. The van der Waals surface area contributed by atoms with E-state index in [1.807, 2.05) is 80.6 Å². The van der Waals surface area contributed by atoms with Crippen LogP contribution in [0.25, 0.3) is 5.76 Å². The van der Waals surface area contributed by atoms with Crippen LogP contribution in [0.3, 0.4) is 0 Å². The van der Waals surface area contributed by atoms with Crippen molar-refractivity contribution in [2.24, 2.45) is 0 Å². The SMILES string of the molecule is CO[P@@](=O)(Nc1ccc(C)c(C)c1)C1=C(N2CCOCC2)/C(=C(\OC(=O)c2ccccc2)c2ccccc2)CC1. The number of hydrogen-bond donors (Lipinski definition) is 1. The summed E-state index contributed by atoms with van der Waals surface area (Å²) in [4.78, 5) is 15.5. The molecule has 0 aromatic heterocycles. The van der Waals surface area contributed by atoms with Crippen LogP contribution in [0.2, 0.25) is 0 Å². The molecule has 0 amide bonds. The maximum absolute atomic E-state index is 14.6. The van der Waals surface area contributed by atoms with Crippen LogP contribution in [0.5, 0.6) is 0 Å². The van der Waals surface area contributed by atoms with Gasteiger partial charge in [-0.15, -0.1) is 0 Å². The molecule has 0 saturated carbocycles. The third-order valence-corrected chi connectivity index (χ3v) is 9.62. The third-order valence-electron chi connectivity index (χ3n) is 7.41. The van der Waals surface area contributed by atoms with Crippen molar-refractivity contribution in [1.29, 1.82) is 0 Å². The van der Waals surface area contributed by atoms with Gasteiger partial charge in [0.15, 0.2) is 0 Å². The lowest BCUT2D eigenvalue weighted by Gasteiger charge is -2.33. The molecule has 1 aliphatic carbocycles. The molecular weight excluding hydrogens is 523 g/mol. The first-order valence-corrected chi connectivity index (χ1v) is 15.2. The van der Waals surface area contributed by atoms with Crippen molar-refractivity contribution in [2.45, 2.75) is 26.7 Å². The first-order chi connectivity index (χ1) is 19.4. The zero-order valence-electron chi connectivity index (χ0n) is 23.2. The normalized spacial score (nSPS) is 18.3. The maximum Gasteiger partial charge on any atom is 0.343 e. The van der Waals surface area contributed by atoms with Crippen LogP contribution in [0.15, 0.2) is 95.4 Å².